The van der Waals surface area contributed by atoms with E-state index >= 15 is 0 Å². The Morgan fingerprint density at radius 2 is 2.00 bits per heavy atom. The van der Waals surface area contributed by atoms with Crippen LogP contribution in [0.5, 0.6) is 0 Å². The van der Waals surface area contributed by atoms with Gasteiger partial charge in [-0.2, -0.15) is 5.10 Å². The third-order valence-corrected chi connectivity index (χ3v) is 2.72. The number of para-hydroxylation sites is 1. The molecule has 2 aromatic rings. The topological polar surface area (TPSA) is 47.2 Å². The van der Waals surface area contributed by atoms with Crippen molar-refractivity contribution in [3.05, 3.63) is 65.8 Å². The lowest BCUT2D eigenvalue weighted by Crippen LogP contribution is -2.11. The lowest BCUT2D eigenvalue weighted by atomic mass is 10.3. The summed E-state index contributed by atoms with van der Waals surface area (Å²) in [5.41, 5.74) is 1.59. The molecule has 1 amide bonds. The van der Waals surface area contributed by atoms with Crippen molar-refractivity contribution in [1.82, 2.24) is 9.78 Å². The second-order valence-electron chi connectivity index (χ2n) is 4.05. The van der Waals surface area contributed by atoms with Gasteiger partial charge in [0.15, 0.2) is 0 Å². The van der Waals surface area contributed by atoms with E-state index in [0.29, 0.717) is 10.9 Å². The summed E-state index contributed by atoms with van der Waals surface area (Å²) < 4.78 is 1.73. The van der Waals surface area contributed by atoms with Crippen molar-refractivity contribution in [2.24, 2.45) is 4.99 Å². The van der Waals surface area contributed by atoms with E-state index in [-0.39, 0.29) is 5.91 Å². The Morgan fingerprint density at radius 3 is 2.58 bits per heavy atom. The van der Waals surface area contributed by atoms with Gasteiger partial charge in [-0.05, 0) is 32.0 Å². The quantitative estimate of drug-likeness (QED) is 0.771. The molecule has 0 fully saturated rings. The van der Waals surface area contributed by atoms with Crippen molar-refractivity contribution < 1.29 is 4.79 Å². The SMILES string of the molecule is C/C=C(\C)C(=O)N=c1ccn(-c2ccccc2)nc1. The van der Waals surface area contributed by atoms with Crippen molar-refractivity contribution >= 4 is 5.91 Å². The van der Waals surface area contributed by atoms with Gasteiger partial charge in [-0.15, -0.1) is 0 Å². The normalized spacial score (nSPS) is 12.5. The van der Waals surface area contributed by atoms with E-state index in [4.69, 9.17) is 0 Å². The second kappa shape index (κ2) is 5.91. The first-order valence-electron chi connectivity index (χ1n) is 6.03. The molecule has 0 saturated carbocycles. The lowest BCUT2D eigenvalue weighted by molar-refractivity contribution is -0.114. The summed E-state index contributed by atoms with van der Waals surface area (Å²) in [6.07, 6.45) is 5.10. The van der Waals surface area contributed by atoms with E-state index in [1.165, 1.54) is 0 Å². The molecule has 4 nitrogen and oxygen atoms in total. The van der Waals surface area contributed by atoms with Crippen molar-refractivity contribution in [3.8, 4) is 5.69 Å². The highest BCUT2D eigenvalue weighted by Gasteiger charge is 1.99. The van der Waals surface area contributed by atoms with E-state index in [0.717, 1.165) is 5.69 Å². The predicted molar refractivity (Wildman–Crippen MR) is 73.6 cm³/mol. The molecule has 1 aromatic carbocycles. The number of nitrogens with zero attached hydrogens (tertiary/aromatic N) is 3. The highest BCUT2D eigenvalue weighted by molar-refractivity contribution is 5.93. The Bertz CT molecular complexity index is 649. The molecule has 0 atom stereocenters. The fourth-order valence-electron chi connectivity index (χ4n) is 1.48. The Balaban J connectivity index is 2.29. The van der Waals surface area contributed by atoms with Crippen LogP contribution in [0, 0.1) is 0 Å². The number of carbonyl (C=O) groups is 1. The van der Waals surface area contributed by atoms with E-state index in [9.17, 15) is 4.79 Å². The Kier molecular flexibility index (Phi) is 4.03. The zero-order valence-electron chi connectivity index (χ0n) is 10.9. The molecule has 2 rings (SSSR count). The zero-order chi connectivity index (χ0) is 13.7. The molecule has 19 heavy (non-hydrogen) atoms. The summed E-state index contributed by atoms with van der Waals surface area (Å²) in [5.74, 6) is -0.234. The van der Waals surface area contributed by atoms with Crippen LogP contribution in [-0.4, -0.2) is 15.7 Å². The largest absolute Gasteiger partial charge is 0.272 e. The summed E-state index contributed by atoms with van der Waals surface area (Å²) in [7, 11) is 0. The highest BCUT2D eigenvalue weighted by atomic mass is 16.1. The van der Waals surface area contributed by atoms with E-state index < -0.39 is 0 Å². The van der Waals surface area contributed by atoms with Crippen LogP contribution in [0.25, 0.3) is 5.69 Å². The zero-order valence-corrected chi connectivity index (χ0v) is 10.9. The molecular formula is C15H15N3O. The molecule has 0 aliphatic carbocycles. The third kappa shape index (κ3) is 3.25. The molecule has 0 saturated heterocycles. The molecule has 0 aliphatic rings. The number of aromatic nitrogens is 2. The molecule has 0 radical (unpaired) electrons. The maximum absolute atomic E-state index is 11.6. The minimum Gasteiger partial charge on any atom is -0.267 e. The molecule has 0 N–H and O–H groups in total. The van der Waals surface area contributed by atoms with Crippen molar-refractivity contribution in [1.29, 1.82) is 0 Å². The lowest BCUT2D eigenvalue weighted by Gasteiger charge is -2.03. The van der Waals surface area contributed by atoms with Crippen molar-refractivity contribution in [2.75, 3.05) is 0 Å². The first-order valence-corrected chi connectivity index (χ1v) is 6.03. The summed E-state index contributed by atoms with van der Waals surface area (Å²) in [4.78, 5) is 15.6. The van der Waals surface area contributed by atoms with E-state index in [1.807, 2.05) is 37.3 Å². The average Bonchev–Trinajstić information content (AvgIpc) is 2.48. The van der Waals surface area contributed by atoms with Crippen LogP contribution in [0.4, 0.5) is 0 Å². The summed E-state index contributed by atoms with van der Waals surface area (Å²) >= 11 is 0. The molecular weight excluding hydrogens is 238 g/mol. The monoisotopic (exact) mass is 253 g/mol. The molecule has 4 heteroatoms. The predicted octanol–water partition coefficient (Wildman–Crippen LogP) is 2.27. The minimum atomic E-state index is -0.234. The Hall–Kier alpha value is -2.49. The Labute approximate surface area is 111 Å². The van der Waals surface area contributed by atoms with Crippen LogP contribution in [0.1, 0.15) is 13.8 Å². The van der Waals surface area contributed by atoms with Crippen LogP contribution < -0.4 is 5.36 Å². The fourth-order valence-corrected chi connectivity index (χ4v) is 1.48. The van der Waals surface area contributed by atoms with Gasteiger partial charge < -0.3 is 0 Å². The van der Waals surface area contributed by atoms with Gasteiger partial charge in [-0.25, -0.2) is 9.67 Å². The number of hydrogen-bond acceptors (Lipinski definition) is 2. The van der Waals surface area contributed by atoms with Crippen LogP contribution in [0.3, 0.4) is 0 Å². The molecule has 96 valence electrons. The van der Waals surface area contributed by atoms with Crippen LogP contribution in [0.15, 0.2) is 65.4 Å². The standard InChI is InChI=1S/C15H15N3O/c1-3-12(2)15(19)17-13-9-10-18(16-11-13)14-7-5-4-6-8-14/h3-11H,1-2H3/b12-3+,17-13?. The summed E-state index contributed by atoms with van der Waals surface area (Å²) in [6, 6.07) is 11.5. The highest BCUT2D eigenvalue weighted by Crippen LogP contribution is 2.02. The molecule has 1 heterocycles. The average molecular weight is 253 g/mol. The van der Waals surface area contributed by atoms with Gasteiger partial charge in [-0.3, -0.25) is 4.79 Å². The van der Waals surface area contributed by atoms with Crippen LogP contribution in [0.2, 0.25) is 0 Å². The summed E-state index contributed by atoms with van der Waals surface area (Å²) in [5, 5.41) is 4.79. The molecule has 0 aliphatic heterocycles. The van der Waals surface area contributed by atoms with E-state index in [1.54, 1.807) is 36.1 Å². The number of hydrogen-bond donors (Lipinski definition) is 0. The maximum atomic E-state index is 11.6. The van der Waals surface area contributed by atoms with Gasteiger partial charge in [0.2, 0.25) is 0 Å². The number of allylic oxidation sites excluding steroid dienone is 1. The van der Waals surface area contributed by atoms with Gasteiger partial charge >= 0.3 is 0 Å². The number of carbonyl (C=O) groups excluding carboxylic acids is 1. The fraction of sp³-hybridized carbons (Fsp3) is 0.133. The smallest absolute Gasteiger partial charge is 0.267 e. The molecule has 0 unspecified atom stereocenters. The molecule has 1 aromatic heterocycles. The van der Waals surface area contributed by atoms with Crippen LogP contribution in [-0.2, 0) is 4.79 Å². The van der Waals surface area contributed by atoms with Crippen LogP contribution >= 0.6 is 0 Å². The van der Waals surface area contributed by atoms with Gasteiger partial charge in [0.1, 0.15) is 0 Å². The minimum absolute atomic E-state index is 0.234. The first kappa shape index (κ1) is 13.0. The van der Waals surface area contributed by atoms with Crippen molar-refractivity contribution in [3.63, 3.8) is 0 Å². The molecule has 0 spiro atoms. The molecule has 0 bridgehead atoms. The first-order chi connectivity index (χ1) is 9.20. The second-order valence-corrected chi connectivity index (χ2v) is 4.05. The van der Waals surface area contributed by atoms with Gasteiger partial charge in [-0.1, -0.05) is 24.3 Å². The number of benzene rings is 1. The van der Waals surface area contributed by atoms with E-state index in [2.05, 4.69) is 10.1 Å². The summed E-state index contributed by atoms with van der Waals surface area (Å²) in [6.45, 7) is 3.56. The van der Waals surface area contributed by atoms with Gasteiger partial charge in [0, 0.05) is 11.8 Å². The van der Waals surface area contributed by atoms with Crippen molar-refractivity contribution in [2.45, 2.75) is 13.8 Å². The maximum Gasteiger partial charge on any atom is 0.272 e. The number of rotatable bonds is 2. The van der Waals surface area contributed by atoms with Gasteiger partial charge in [0.05, 0.1) is 17.2 Å². The third-order valence-electron chi connectivity index (χ3n) is 2.72. The number of amides is 1. The Morgan fingerprint density at radius 1 is 1.26 bits per heavy atom. The van der Waals surface area contributed by atoms with Gasteiger partial charge in [0.25, 0.3) is 5.91 Å².